The fourth-order valence-electron chi connectivity index (χ4n) is 8.54. The molecular weight excluding hydrogens is 821 g/mol. The molecule has 1 aromatic heterocycles. The van der Waals surface area contributed by atoms with Gasteiger partial charge >= 0.3 is 6.18 Å². The van der Waals surface area contributed by atoms with Crippen LogP contribution in [0.3, 0.4) is 0 Å². The van der Waals surface area contributed by atoms with E-state index in [0.717, 1.165) is 56.6 Å². The zero-order valence-electron chi connectivity index (χ0n) is 33.1. The van der Waals surface area contributed by atoms with E-state index in [4.69, 9.17) is 29.0 Å². The van der Waals surface area contributed by atoms with E-state index in [9.17, 15) is 37.6 Å². The number of pyridine rings is 1. The maximum atomic E-state index is 14.0. The second kappa shape index (κ2) is 17.5. The van der Waals surface area contributed by atoms with Gasteiger partial charge in [0, 0.05) is 28.5 Å². The maximum Gasteiger partial charge on any atom is 0.419 e. The van der Waals surface area contributed by atoms with Gasteiger partial charge in [0.1, 0.15) is 23.4 Å². The number of anilines is 4. The predicted octanol–water partition coefficient (Wildman–Crippen LogP) is 6.90. The molecule has 7 rings (SSSR count). The molecule has 13 nitrogen and oxygen atoms in total. The number of imide groups is 1. The Morgan fingerprint density at radius 2 is 1.83 bits per heavy atom. The van der Waals surface area contributed by atoms with Crippen molar-refractivity contribution in [2.75, 3.05) is 40.1 Å². The number of aromatic nitrogens is 1. The van der Waals surface area contributed by atoms with Gasteiger partial charge in [-0.25, -0.2) is 4.98 Å². The predicted molar refractivity (Wildman–Crippen MR) is 223 cm³/mol. The van der Waals surface area contributed by atoms with E-state index in [-0.39, 0.29) is 29.8 Å². The number of piperidine rings is 2. The van der Waals surface area contributed by atoms with Crippen LogP contribution in [0.5, 0.6) is 5.75 Å². The molecule has 3 saturated heterocycles. The van der Waals surface area contributed by atoms with Crippen LogP contribution in [0.15, 0.2) is 48.7 Å². The SMILES string of the molecule is CCc1cc(N2C(S)N(c3cnc(C#N)c(C(F)(F)F)c3)C(=O)C23CCC3)ccc1OCCC1CCN(C(C)C(=O)Nc2cc(Cl)cc(NC3CCC(=O)NC3=O)c2)CC1. The molecular formula is C42H46ClF3N8O5S. The standard InChI is InChI=1S/C42H46ClF3N8O5S/c1-3-26-17-30(54-40(60)53(39(58)41(54)12-4-13-41)31-21-32(42(44,45)46)34(22-47)48-23-31)5-7-35(26)59-16-11-25-9-14-52(15-10-25)24(2)37(56)50-29-19-27(43)18-28(20-29)49-33-6-8-36(55)51-38(33)57/h5,7,17-21,23-25,33,40,49,60H,3-4,6,8-16H2,1-2H3,(H,50,56)(H,51,55,57). The number of thiol groups is 1. The first-order chi connectivity index (χ1) is 28.6. The van der Waals surface area contributed by atoms with Gasteiger partial charge < -0.3 is 20.3 Å². The molecule has 1 aliphatic carbocycles. The van der Waals surface area contributed by atoms with Crippen LogP contribution in [0, 0.1) is 17.2 Å². The Hall–Kier alpha value is -5.05. The lowest BCUT2D eigenvalue weighted by atomic mass is 9.75. The topological polar surface area (TPSA) is 160 Å². The van der Waals surface area contributed by atoms with Gasteiger partial charge in [-0.3, -0.25) is 34.3 Å². The van der Waals surface area contributed by atoms with Gasteiger partial charge in [0.25, 0.3) is 5.91 Å². The molecule has 3 aromatic rings. The second-order valence-corrected chi connectivity index (χ2v) is 16.7. The smallest absolute Gasteiger partial charge is 0.419 e. The van der Waals surface area contributed by atoms with Crippen molar-refractivity contribution in [3.05, 3.63) is 70.5 Å². The molecule has 3 N–H and O–H groups in total. The molecule has 3 atom stereocenters. The van der Waals surface area contributed by atoms with Gasteiger partial charge in [-0.1, -0.05) is 18.5 Å². The number of hydrogen-bond acceptors (Lipinski definition) is 11. The zero-order valence-corrected chi connectivity index (χ0v) is 34.8. The number of hydrogen-bond donors (Lipinski definition) is 4. The van der Waals surface area contributed by atoms with Crippen LogP contribution >= 0.6 is 24.2 Å². The largest absolute Gasteiger partial charge is 0.493 e. The van der Waals surface area contributed by atoms with Crippen LogP contribution in [0.2, 0.25) is 5.02 Å². The molecule has 0 radical (unpaired) electrons. The summed E-state index contributed by atoms with van der Waals surface area (Å²) in [6, 6.07) is 12.0. The van der Waals surface area contributed by atoms with Crippen LogP contribution in [0.25, 0.3) is 0 Å². The summed E-state index contributed by atoms with van der Waals surface area (Å²) in [5, 5.41) is 18.0. The Kier molecular flexibility index (Phi) is 12.6. The number of amides is 4. The summed E-state index contributed by atoms with van der Waals surface area (Å²) >= 11 is 11.1. The highest BCUT2D eigenvalue weighted by Crippen LogP contribution is 2.51. The number of carbonyl (C=O) groups excluding carboxylic acids is 4. The third kappa shape index (κ3) is 8.73. The van der Waals surface area contributed by atoms with E-state index in [0.29, 0.717) is 66.0 Å². The highest BCUT2D eigenvalue weighted by Gasteiger charge is 2.60. The number of halogens is 4. The summed E-state index contributed by atoms with van der Waals surface area (Å²) in [5.41, 5.74) is -1.25. The van der Waals surface area contributed by atoms with E-state index in [1.54, 1.807) is 18.2 Å². The Balaban J connectivity index is 0.927. The molecule has 60 heavy (non-hydrogen) atoms. The molecule has 2 aromatic carbocycles. The molecule has 1 saturated carbocycles. The van der Waals surface area contributed by atoms with Crippen molar-refractivity contribution in [1.82, 2.24) is 15.2 Å². The Bertz CT molecular complexity index is 2210. The lowest BCUT2D eigenvalue weighted by Gasteiger charge is -2.44. The quantitative estimate of drug-likeness (QED) is 0.111. The van der Waals surface area contributed by atoms with Gasteiger partial charge in [-0.2, -0.15) is 18.4 Å². The lowest BCUT2D eigenvalue weighted by molar-refractivity contribution is -0.138. The molecule has 1 spiro atoms. The number of carbonyl (C=O) groups is 4. The van der Waals surface area contributed by atoms with Gasteiger partial charge in [-0.05, 0) is 125 Å². The number of aryl methyl sites for hydroxylation is 1. The monoisotopic (exact) mass is 866 g/mol. The van der Waals surface area contributed by atoms with Crippen LogP contribution < -0.4 is 30.5 Å². The molecule has 318 valence electrons. The molecule has 3 unspecified atom stereocenters. The number of likely N-dealkylation sites (tertiary alicyclic amines) is 1. The van der Waals surface area contributed by atoms with Gasteiger partial charge in [-0.15, -0.1) is 12.6 Å². The normalized spacial score (nSPS) is 21.3. The summed E-state index contributed by atoms with van der Waals surface area (Å²) in [4.78, 5) is 60.0. The Morgan fingerprint density at radius 3 is 2.48 bits per heavy atom. The molecule has 4 fully saturated rings. The van der Waals surface area contributed by atoms with E-state index in [1.807, 2.05) is 36.9 Å². The Morgan fingerprint density at radius 1 is 1.10 bits per heavy atom. The van der Waals surface area contributed by atoms with Crippen molar-refractivity contribution in [3.63, 3.8) is 0 Å². The number of nitrogens with one attached hydrogen (secondary N) is 3. The fourth-order valence-corrected chi connectivity index (χ4v) is 9.37. The number of nitrogens with zero attached hydrogens (tertiary/aromatic N) is 5. The minimum atomic E-state index is -4.83. The van der Waals surface area contributed by atoms with Gasteiger partial charge in [0.15, 0.2) is 11.2 Å². The molecule has 4 heterocycles. The minimum absolute atomic E-state index is 0.0754. The molecule has 4 aliphatic rings. The van der Waals surface area contributed by atoms with Crippen LogP contribution in [-0.4, -0.2) is 76.3 Å². The van der Waals surface area contributed by atoms with Crippen molar-refractivity contribution < 1.29 is 37.1 Å². The summed E-state index contributed by atoms with van der Waals surface area (Å²) < 4.78 is 47.8. The highest BCUT2D eigenvalue weighted by atomic mass is 35.5. The molecule has 4 amide bonds. The highest BCUT2D eigenvalue weighted by molar-refractivity contribution is 7.81. The lowest BCUT2D eigenvalue weighted by Crippen LogP contribution is -2.55. The Labute approximate surface area is 356 Å². The summed E-state index contributed by atoms with van der Waals surface area (Å²) in [6.45, 7) is 5.83. The van der Waals surface area contributed by atoms with Crippen molar-refractivity contribution >= 4 is 70.6 Å². The molecule has 18 heteroatoms. The summed E-state index contributed by atoms with van der Waals surface area (Å²) in [5.74, 6) is -0.132. The van der Waals surface area contributed by atoms with Crippen LogP contribution in [-0.2, 0) is 31.8 Å². The number of rotatable bonds is 12. The minimum Gasteiger partial charge on any atom is -0.493 e. The van der Waals surface area contributed by atoms with E-state index >= 15 is 0 Å². The molecule has 0 bridgehead atoms. The number of ether oxygens (including phenoxy) is 1. The first kappa shape index (κ1) is 43.1. The zero-order chi connectivity index (χ0) is 42.9. The molecule has 3 aliphatic heterocycles. The van der Waals surface area contributed by atoms with Crippen molar-refractivity contribution in [2.45, 2.75) is 101 Å². The summed E-state index contributed by atoms with van der Waals surface area (Å²) in [7, 11) is 0. The van der Waals surface area contributed by atoms with Gasteiger partial charge in [0.2, 0.25) is 17.7 Å². The van der Waals surface area contributed by atoms with Crippen molar-refractivity contribution in [3.8, 4) is 11.8 Å². The maximum absolute atomic E-state index is 14.0. The summed E-state index contributed by atoms with van der Waals surface area (Å²) in [6.07, 6.45) is 1.94. The number of benzene rings is 2. The first-order valence-electron chi connectivity index (χ1n) is 20.1. The van der Waals surface area contributed by atoms with Crippen molar-refractivity contribution in [1.29, 1.82) is 5.26 Å². The average molecular weight is 867 g/mol. The van der Waals surface area contributed by atoms with E-state index in [2.05, 4.69) is 25.8 Å². The number of nitriles is 1. The van der Waals surface area contributed by atoms with E-state index in [1.165, 1.54) is 11.0 Å². The third-order valence-electron chi connectivity index (χ3n) is 12.1. The van der Waals surface area contributed by atoms with Gasteiger partial charge in [0.05, 0.1) is 30.1 Å². The second-order valence-electron chi connectivity index (χ2n) is 15.8. The first-order valence-corrected chi connectivity index (χ1v) is 21.0. The third-order valence-corrected chi connectivity index (χ3v) is 12.8. The fraction of sp³-hybridized carbons (Fsp3) is 0.476. The average Bonchev–Trinajstić information content (AvgIpc) is 3.44. The number of alkyl halides is 3. The van der Waals surface area contributed by atoms with Crippen LogP contribution in [0.1, 0.15) is 82.0 Å². The van der Waals surface area contributed by atoms with Crippen LogP contribution in [0.4, 0.5) is 35.9 Å². The van der Waals surface area contributed by atoms with Crippen molar-refractivity contribution in [2.24, 2.45) is 5.92 Å². The van der Waals surface area contributed by atoms with E-state index < -0.39 is 46.5 Å².